The van der Waals surface area contributed by atoms with Crippen molar-refractivity contribution in [2.45, 2.75) is 6.73 Å². The van der Waals surface area contributed by atoms with Gasteiger partial charge in [0, 0.05) is 25.1 Å². The molecule has 0 aliphatic rings. The molecule has 0 atom stereocenters. The number of aromatic nitrogens is 4. The molecule has 0 fully saturated rings. The van der Waals surface area contributed by atoms with E-state index in [2.05, 4.69) is 15.2 Å². The molecule has 0 saturated carbocycles. The zero-order valence-electron chi connectivity index (χ0n) is 7.79. The Hall–Kier alpha value is -1.75. The molecule has 14 heavy (non-hydrogen) atoms. The van der Waals surface area contributed by atoms with E-state index in [4.69, 9.17) is 4.74 Å². The number of pyridine rings is 1. The highest BCUT2D eigenvalue weighted by Crippen LogP contribution is 2.12. The molecule has 5 heteroatoms. The third kappa shape index (κ3) is 1.77. The highest BCUT2D eigenvalue weighted by molar-refractivity contribution is 5.55. The van der Waals surface area contributed by atoms with Gasteiger partial charge in [-0.3, -0.25) is 4.98 Å². The van der Waals surface area contributed by atoms with Gasteiger partial charge in [-0.25, -0.2) is 0 Å². The van der Waals surface area contributed by atoms with Crippen molar-refractivity contribution in [2.24, 2.45) is 0 Å². The van der Waals surface area contributed by atoms with Gasteiger partial charge >= 0.3 is 0 Å². The van der Waals surface area contributed by atoms with Crippen LogP contribution in [0, 0.1) is 0 Å². The minimum atomic E-state index is 0.361. The average molecular weight is 190 g/mol. The molecule has 0 unspecified atom stereocenters. The first kappa shape index (κ1) is 8.83. The monoisotopic (exact) mass is 190 g/mol. The van der Waals surface area contributed by atoms with Crippen LogP contribution in [0.2, 0.25) is 0 Å². The Morgan fingerprint density at radius 1 is 1.43 bits per heavy atom. The van der Waals surface area contributed by atoms with Gasteiger partial charge < -0.3 is 4.74 Å². The van der Waals surface area contributed by atoms with Gasteiger partial charge in [0.05, 0.1) is 6.20 Å². The summed E-state index contributed by atoms with van der Waals surface area (Å²) in [7, 11) is 1.60. The summed E-state index contributed by atoms with van der Waals surface area (Å²) in [6.07, 6.45) is 5.17. The maximum atomic E-state index is 4.90. The van der Waals surface area contributed by atoms with Gasteiger partial charge in [0.2, 0.25) is 0 Å². The third-order valence-corrected chi connectivity index (χ3v) is 1.74. The molecule has 2 aromatic rings. The Morgan fingerprint density at radius 3 is 3.07 bits per heavy atom. The molecule has 0 radical (unpaired) electrons. The van der Waals surface area contributed by atoms with Gasteiger partial charge in [0.1, 0.15) is 5.69 Å². The summed E-state index contributed by atoms with van der Waals surface area (Å²) in [6.45, 7) is 0.361. The van der Waals surface area contributed by atoms with Crippen LogP contribution in [0.4, 0.5) is 0 Å². The fourth-order valence-electron chi connectivity index (χ4n) is 1.12. The van der Waals surface area contributed by atoms with Crippen molar-refractivity contribution in [3.63, 3.8) is 0 Å². The predicted molar refractivity (Wildman–Crippen MR) is 50.3 cm³/mol. The van der Waals surface area contributed by atoms with Crippen LogP contribution in [0.3, 0.4) is 0 Å². The second-order valence-electron chi connectivity index (χ2n) is 2.76. The van der Waals surface area contributed by atoms with Gasteiger partial charge in [-0.15, -0.1) is 0 Å². The molecular formula is C9H10N4O. The number of rotatable bonds is 3. The lowest BCUT2D eigenvalue weighted by atomic mass is 10.2. The van der Waals surface area contributed by atoms with Gasteiger partial charge in [0.25, 0.3) is 0 Å². The summed E-state index contributed by atoms with van der Waals surface area (Å²) in [5, 5.41) is 8.25. The lowest BCUT2D eigenvalue weighted by molar-refractivity contribution is 0.108. The van der Waals surface area contributed by atoms with E-state index in [9.17, 15) is 0 Å². The Kier molecular flexibility index (Phi) is 2.51. The van der Waals surface area contributed by atoms with Crippen LogP contribution in [0.25, 0.3) is 11.3 Å². The van der Waals surface area contributed by atoms with Gasteiger partial charge in [-0.05, 0) is 12.1 Å². The molecule has 2 aromatic heterocycles. The molecule has 2 heterocycles. The second-order valence-corrected chi connectivity index (χ2v) is 2.76. The maximum Gasteiger partial charge on any atom is 0.158 e. The molecule has 5 nitrogen and oxygen atoms in total. The lowest BCUT2D eigenvalue weighted by Crippen LogP contribution is -2.03. The number of nitrogens with zero attached hydrogens (tertiary/aromatic N) is 4. The Bertz CT molecular complexity index is 398. The van der Waals surface area contributed by atoms with Crippen LogP contribution < -0.4 is 0 Å². The van der Waals surface area contributed by atoms with Crippen LogP contribution in [0.5, 0.6) is 0 Å². The number of methoxy groups -OCH3 is 1. The molecular weight excluding hydrogens is 180 g/mol. The maximum absolute atomic E-state index is 4.90. The minimum absolute atomic E-state index is 0.361. The van der Waals surface area contributed by atoms with Crippen molar-refractivity contribution < 1.29 is 4.74 Å². The summed E-state index contributed by atoms with van der Waals surface area (Å²) in [5.41, 5.74) is 1.75. The molecule has 0 aromatic carbocycles. The van der Waals surface area contributed by atoms with Crippen molar-refractivity contribution in [1.82, 2.24) is 20.0 Å². The Balaban J connectivity index is 2.25. The van der Waals surface area contributed by atoms with Crippen molar-refractivity contribution in [3.05, 3.63) is 30.7 Å². The summed E-state index contributed by atoms with van der Waals surface area (Å²) < 4.78 is 4.90. The Labute approximate surface area is 81.3 Å². The molecule has 72 valence electrons. The SMILES string of the molecule is COCn1ncc(-c2cccnc2)n1. The van der Waals surface area contributed by atoms with E-state index in [0.717, 1.165) is 11.3 Å². The molecule has 0 aliphatic carbocycles. The zero-order chi connectivity index (χ0) is 9.80. The zero-order valence-corrected chi connectivity index (χ0v) is 7.79. The van der Waals surface area contributed by atoms with E-state index in [-0.39, 0.29) is 0 Å². The summed E-state index contributed by atoms with van der Waals surface area (Å²) in [6, 6.07) is 3.80. The largest absolute Gasteiger partial charge is 0.361 e. The van der Waals surface area contributed by atoms with E-state index in [1.165, 1.54) is 4.80 Å². The first-order chi connectivity index (χ1) is 6.90. The van der Waals surface area contributed by atoms with Crippen LogP contribution >= 0.6 is 0 Å². The van der Waals surface area contributed by atoms with Crippen LogP contribution in [-0.4, -0.2) is 27.1 Å². The van der Waals surface area contributed by atoms with Crippen molar-refractivity contribution in [1.29, 1.82) is 0 Å². The van der Waals surface area contributed by atoms with Crippen molar-refractivity contribution >= 4 is 0 Å². The fraction of sp³-hybridized carbons (Fsp3) is 0.222. The molecule has 0 spiro atoms. The first-order valence-electron chi connectivity index (χ1n) is 4.19. The highest BCUT2D eigenvalue weighted by atomic mass is 16.5. The number of hydrogen-bond donors (Lipinski definition) is 0. The quantitative estimate of drug-likeness (QED) is 0.722. The Morgan fingerprint density at radius 2 is 2.36 bits per heavy atom. The van der Waals surface area contributed by atoms with E-state index in [1.807, 2.05) is 12.1 Å². The average Bonchev–Trinajstić information content (AvgIpc) is 2.68. The molecule has 2 rings (SSSR count). The number of ether oxygens (including phenoxy) is 1. The van der Waals surface area contributed by atoms with Crippen molar-refractivity contribution in [3.8, 4) is 11.3 Å². The predicted octanol–water partition coefficient (Wildman–Crippen LogP) is 0.944. The topological polar surface area (TPSA) is 52.8 Å². The van der Waals surface area contributed by atoms with E-state index >= 15 is 0 Å². The summed E-state index contributed by atoms with van der Waals surface area (Å²) in [4.78, 5) is 5.50. The fourth-order valence-corrected chi connectivity index (χ4v) is 1.12. The van der Waals surface area contributed by atoms with Gasteiger partial charge in [0.15, 0.2) is 6.73 Å². The summed E-state index contributed by atoms with van der Waals surface area (Å²) in [5.74, 6) is 0. The molecule has 0 saturated heterocycles. The third-order valence-electron chi connectivity index (χ3n) is 1.74. The van der Waals surface area contributed by atoms with Crippen LogP contribution in [0.1, 0.15) is 0 Å². The smallest absolute Gasteiger partial charge is 0.158 e. The van der Waals surface area contributed by atoms with Gasteiger partial charge in [-0.1, -0.05) is 0 Å². The van der Waals surface area contributed by atoms with E-state index in [0.29, 0.717) is 6.73 Å². The second kappa shape index (κ2) is 3.97. The first-order valence-corrected chi connectivity index (χ1v) is 4.19. The molecule has 0 bridgehead atoms. The van der Waals surface area contributed by atoms with Crippen LogP contribution in [-0.2, 0) is 11.5 Å². The summed E-state index contributed by atoms with van der Waals surface area (Å²) >= 11 is 0. The normalized spacial score (nSPS) is 10.4. The van der Waals surface area contributed by atoms with Crippen molar-refractivity contribution in [2.75, 3.05) is 7.11 Å². The minimum Gasteiger partial charge on any atom is -0.361 e. The van der Waals surface area contributed by atoms with Crippen LogP contribution in [0.15, 0.2) is 30.7 Å². The van der Waals surface area contributed by atoms with E-state index < -0.39 is 0 Å². The highest BCUT2D eigenvalue weighted by Gasteiger charge is 2.02. The molecule has 0 aliphatic heterocycles. The standard InChI is InChI=1S/C9H10N4O/c1-14-7-13-11-6-9(12-13)8-3-2-4-10-5-8/h2-6H,7H2,1H3. The molecule has 0 N–H and O–H groups in total. The van der Waals surface area contributed by atoms with Gasteiger partial charge in [-0.2, -0.15) is 15.0 Å². The molecule has 0 amide bonds. The lowest BCUT2D eigenvalue weighted by Gasteiger charge is -1.95. The number of hydrogen-bond acceptors (Lipinski definition) is 4. The van der Waals surface area contributed by atoms with E-state index in [1.54, 1.807) is 25.7 Å².